The van der Waals surface area contributed by atoms with Crippen LogP contribution in [0.3, 0.4) is 0 Å². The average Bonchev–Trinajstić information content (AvgIpc) is 2.56. The van der Waals surface area contributed by atoms with Crippen molar-refractivity contribution >= 4 is 0 Å². The fourth-order valence-electron chi connectivity index (χ4n) is 3.91. The van der Waals surface area contributed by atoms with Crippen molar-refractivity contribution in [3.63, 3.8) is 0 Å². The molecule has 0 amide bonds. The van der Waals surface area contributed by atoms with Crippen molar-refractivity contribution in [1.82, 2.24) is 0 Å². The fraction of sp³-hybridized carbons (Fsp3) is 1.00. The third-order valence-electron chi connectivity index (χ3n) is 7.34. The molecule has 0 heterocycles. The third-order valence-corrected chi connectivity index (χ3v) is 7.34. The van der Waals surface area contributed by atoms with Crippen LogP contribution in [0, 0.1) is 47.3 Å². The minimum atomic E-state index is 0.852. The maximum atomic E-state index is 2.39. The smallest absolute Gasteiger partial charge is 0.0391 e. The summed E-state index contributed by atoms with van der Waals surface area (Å²) in [6.45, 7) is 23.2. The molecule has 2 saturated carbocycles. The van der Waals surface area contributed by atoms with Gasteiger partial charge in [0.1, 0.15) is 0 Å². The first kappa shape index (κ1) is 26.0. The summed E-state index contributed by atoms with van der Waals surface area (Å²) in [7, 11) is 0. The fourth-order valence-corrected chi connectivity index (χ4v) is 3.91. The molecule has 2 fully saturated rings. The minimum Gasteiger partial charge on any atom is -0.0625 e. The van der Waals surface area contributed by atoms with Crippen LogP contribution in [0.25, 0.3) is 0 Å². The van der Waals surface area contributed by atoms with Gasteiger partial charge >= 0.3 is 0 Å². The second-order valence-electron chi connectivity index (χ2n) is 11.0. The summed E-state index contributed by atoms with van der Waals surface area (Å²) < 4.78 is 0. The molecule has 2 aliphatic carbocycles. The van der Waals surface area contributed by atoms with E-state index < -0.39 is 0 Å². The monoisotopic (exact) mass is 366 g/mol. The van der Waals surface area contributed by atoms with Crippen LogP contribution in [-0.4, -0.2) is 0 Å². The molecule has 0 aromatic rings. The summed E-state index contributed by atoms with van der Waals surface area (Å²) in [6, 6.07) is 0. The van der Waals surface area contributed by atoms with Crippen molar-refractivity contribution in [3.05, 3.63) is 0 Å². The lowest BCUT2D eigenvalue weighted by Gasteiger charge is -2.28. The third kappa shape index (κ3) is 12.4. The molecule has 0 aromatic carbocycles. The molecule has 0 unspecified atom stereocenters. The number of hydrogen-bond acceptors (Lipinski definition) is 0. The van der Waals surface area contributed by atoms with Gasteiger partial charge in [-0.2, -0.15) is 0 Å². The van der Waals surface area contributed by atoms with E-state index in [2.05, 4.69) is 69.2 Å². The molecule has 26 heavy (non-hydrogen) atoms. The Bertz CT molecular complexity index is 264. The minimum absolute atomic E-state index is 0.852. The molecule has 2 rings (SSSR count). The van der Waals surface area contributed by atoms with Gasteiger partial charge in [-0.1, -0.05) is 94.9 Å². The van der Waals surface area contributed by atoms with Gasteiger partial charge in [-0.3, -0.25) is 0 Å². The molecule has 2 aliphatic rings. The summed E-state index contributed by atoms with van der Waals surface area (Å²) in [5.41, 5.74) is 0. The maximum absolute atomic E-state index is 2.39. The Morgan fingerprint density at radius 2 is 0.654 bits per heavy atom. The first-order valence-electron chi connectivity index (χ1n) is 12.0. The SMILES string of the molecule is CC(C)C(C)C.CC1CCC(C(C)C)CC1.CC1CCC(C(C)C)CC1. The first-order valence-corrected chi connectivity index (χ1v) is 12.0. The molecule has 0 heteroatoms. The zero-order chi connectivity index (χ0) is 20.3. The zero-order valence-electron chi connectivity index (χ0n) is 20.3. The lowest BCUT2D eigenvalue weighted by Crippen LogP contribution is -2.16. The van der Waals surface area contributed by atoms with E-state index in [0.29, 0.717) is 0 Å². The normalized spacial score (nSPS) is 29.3. The Morgan fingerprint density at radius 1 is 0.423 bits per heavy atom. The second kappa shape index (κ2) is 14.1. The van der Waals surface area contributed by atoms with Crippen molar-refractivity contribution in [1.29, 1.82) is 0 Å². The largest absolute Gasteiger partial charge is 0.0625 e. The van der Waals surface area contributed by atoms with Gasteiger partial charge in [0.25, 0.3) is 0 Å². The summed E-state index contributed by atoms with van der Waals surface area (Å²) in [4.78, 5) is 0. The summed E-state index contributed by atoms with van der Waals surface area (Å²) >= 11 is 0. The molecular weight excluding hydrogens is 312 g/mol. The lowest BCUT2D eigenvalue weighted by molar-refractivity contribution is 0.234. The van der Waals surface area contributed by atoms with Gasteiger partial charge in [0.05, 0.1) is 0 Å². The van der Waals surface area contributed by atoms with E-state index in [1.807, 2.05) is 0 Å². The van der Waals surface area contributed by atoms with Crippen molar-refractivity contribution in [3.8, 4) is 0 Å². The molecule has 158 valence electrons. The zero-order valence-corrected chi connectivity index (χ0v) is 20.3. The molecule has 0 aliphatic heterocycles. The number of rotatable bonds is 3. The first-order chi connectivity index (χ1) is 12.0. The highest BCUT2D eigenvalue weighted by Crippen LogP contribution is 2.33. The van der Waals surface area contributed by atoms with E-state index in [1.165, 1.54) is 51.4 Å². The molecule has 0 aromatic heterocycles. The van der Waals surface area contributed by atoms with E-state index >= 15 is 0 Å². The van der Waals surface area contributed by atoms with Crippen LogP contribution in [0.1, 0.15) is 121 Å². The van der Waals surface area contributed by atoms with Crippen molar-refractivity contribution in [2.45, 2.75) is 121 Å². The van der Waals surface area contributed by atoms with Crippen LogP contribution in [0.2, 0.25) is 0 Å². The Labute approximate surface area is 168 Å². The Hall–Kier alpha value is 0. The highest BCUT2D eigenvalue weighted by Gasteiger charge is 2.20. The van der Waals surface area contributed by atoms with Crippen LogP contribution < -0.4 is 0 Å². The molecule has 0 atom stereocenters. The molecule has 0 N–H and O–H groups in total. The molecular formula is C26H54. The molecule has 0 spiro atoms. The van der Waals surface area contributed by atoms with Crippen LogP contribution in [0.5, 0.6) is 0 Å². The predicted octanol–water partition coefficient (Wildman–Crippen LogP) is 9.24. The van der Waals surface area contributed by atoms with Crippen molar-refractivity contribution in [2.24, 2.45) is 47.3 Å². The molecule has 0 nitrogen and oxygen atoms in total. The average molecular weight is 367 g/mol. The predicted molar refractivity (Wildman–Crippen MR) is 122 cm³/mol. The summed E-state index contributed by atoms with van der Waals surface area (Å²) in [6.07, 6.45) is 11.8. The Kier molecular flexibility index (Phi) is 14.1. The molecule has 0 radical (unpaired) electrons. The van der Waals surface area contributed by atoms with Crippen molar-refractivity contribution in [2.75, 3.05) is 0 Å². The van der Waals surface area contributed by atoms with Gasteiger partial charge in [0.2, 0.25) is 0 Å². The van der Waals surface area contributed by atoms with Gasteiger partial charge in [-0.25, -0.2) is 0 Å². The van der Waals surface area contributed by atoms with Gasteiger partial charge in [0, 0.05) is 0 Å². The topological polar surface area (TPSA) is 0 Å². The van der Waals surface area contributed by atoms with E-state index in [4.69, 9.17) is 0 Å². The van der Waals surface area contributed by atoms with Crippen LogP contribution in [0.15, 0.2) is 0 Å². The quantitative estimate of drug-likeness (QED) is 0.467. The van der Waals surface area contributed by atoms with E-state index in [1.54, 1.807) is 0 Å². The van der Waals surface area contributed by atoms with Gasteiger partial charge in [-0.15, -0.1) is 0 Å². The van der Waals surface area contributed by atoms with Crippen LogP contribution >= 0.6 is 0 Å². The van der Waals surface area contributed by atoms with E-state index in [-0.39, 0.29) is 0 Å². The summed E-state index contributed by atoms with van der Waals surface area (Å²) in [5.74, 6) is 7.65. The van der Waals surface area contributed by atoms with Gasteiger partial charge < -0.3 is 0 Å². The highest BCUT2D eigenvalue weighted by molar-refractivity contribution is 4.72. The van der Waals surface area contributed by atoms with Gasteiger partial charge in [-0.05, 0) is 73.0 Å². The highest BCUT2D eigenvalue weighted by atomic mass is 14.3. The Balaban J connectivity index is 0.000000375. The van der Waals surface area contributed by atoms with Crippen LogP contribution in [0.4, 0.5) is 0 Å². The number of hydrogen-bond donors (Lipinski definition) is 0. The maximum Gasteiger partial charge on any atom is -0.0391 e. The van der Waals surface area contributed by atoms with Crippen LogP contribution in [-0.2, 0) is 0 Å². The summed E-state index contributed by atoms with van der Waals surface area (Å²) in [5, 5.41) is 0. The van der Waals surface area contributed by atoms with E-state index in [0.717, 1.165) is 47.3 Å². The lowest BCUT2D eigenvalue weighted by atomic mass is 9.78. The van der Waals surface area contributed by atoms with E-state index in [9.17, 15) is 0 Å². The van der Waals surface area contributed by atoms with Gasteiger partial charge in [0.15, 0.2) is 0 Å². The molecule has 0 bridgehead atoms. The second-order valence-corrected chi connectivity index (χ2v) is 11.0. The Morgan fingerprint density at radius 3 is 0.808 bits per heavy atom. The molecule has 0 saturated heterocycles. The standard InChI is InChI=1S/2C10H20.C6H14/c2*1-8(2)10-6-4-9(3)5-7-10;1-5(2)6(3)4/h2*8-10H,4-7H2,1-3H3;5-6H,1-4H3. The van der Waals surface area contributed by atoms with Crippen molar-refractivity contribution < 1.29 is 0 Å².